The molecule has 1 aliphatic rings. The van der Waals surface area contributed by atoms with Crippen molar-refractivity contribution in [1.29, 1.82) is 0 Å². The van der Waals surface area contributed by atoms with E-state index in [-0.39, 0.29) is 5.41 Å². The molecule has 3 nitrogen and oxygen atoms in total. The molecule has 13 aromatic rings. The second-order valence-corrected chi connectivity index (χ2v) is 18.5. The van der Waals surface area contributed by atoms with E-state index < -0.39 is 0 Å². The number of fused-ring (bicyclic) bond motifs is 12. The van der Waals surface area contributed by atoms with Gasteiger partial charge in [0, 0.05) is 60.5 Å². The molecule has 0 amide bonds. The van der Waals surface area contributed by atoms with E-state index >= 15 is 0 Å². The van der Waals surface area contributed by atoms with Gasteiger partial charge in [-0.15, -0.1) is 0 Å². The molecular formula is C63H43N3. The normalized spacial score (nSPS) is 13.1. The highest BCUT2D eigenvalue weighted by atomic mass is 15.1. The first-order valence-corrected chi connectivity index (χ1v) is 23.0. The number of anilines is 3. The van der Waals surface area contributed by atoms with Gasteiger partial charge in [0.2, 0.25) is 0 Å². The Kier molecular flexibility index (Phi) is 7.74. The minimum absolute atomic E-state index is 0.0514. The highest BCUT2D eigenvalue weighted by molar-refractivity contribution is 6.23. The smallest absolute Gasteiger partial charge is 0.0620 e. The highest BCUT2D eigenvalue weighted by Crippen LogP contribution is 2.50. The number of aromatic nitrogens is 2. The Morgan fingerprint density at radius 2 is 0.788 bits per heavy atom. The van der Waals surface area contributed by atoms with Crippen LogP contribution in [0.25, 0.3) is 99.0 Å². The molecule has 0 saturated heterocycles. The average molecular weight is 842 g/mol. The van der Waals surface area contributed by atoms with E-state index in [0.717, 1.165) is 22.7 Å². The van der Waals surface area contributed by atoms with Gasteiger partial charge in [-0.2, -0.15) is 0 Å². The predicted octanol–water partition coefficient (Wildman–Crippen LogP) is 17.0. The molecule has 0 spiro atoms. The maximum atomic E-state index is 2.46. The standard InChI is InChI=1S/C63H43N3/c1-63(2)56-18-7-3-12-48(56)49-36-26-42(38-57(49)63)40-22-28-44(29-23-40)64(46-32-34-47(35-33-46)65-58-19-8-4-13-50(58)51-14-5-9-20-59(51)65)45-30-24-41(25-31-45)43-27-37-53-55-17-11-16-54-52-15-6-10-21-60(52)66(62(54)55)61(53)39-43/h3-39H,1-2H3. The van der Waals surface area contributed by atoms with Crippen LogP contribution in [0.3, 0.4) is 0 Å². The zero-order valence-electron chi connectivity index (χ0n) is 36.7. The van der Waals surface area contributed by atoms with Gasteiger partial charge in [0.15, 0.2) is 0 Å². The van der Waals surface area contributed by atoms with Crippen LogP contribution in [0.1, 0.15) is 25.0 Å². The van der Waals surface area contributed by atoms with E-state index in [1.807, 2.05) is 0 Å². The summed E-state index contributed by atoms with van der Waals surface area (Å²) in [4.78, 5) is 2.38. The highest BCUT2D eigenvalue weighted by Gasteiger charge is 2.35. The van der Waals surface area contributed by atoms with Gasteiger partial charge in [-0.1, -0.05) is 159 Å². The minimum Gasteiger partial charge on any atom is -0.311 e. The molecular weight excluding hydrogens is 799 g/mol. The third-order valence-electron chi connectivity index (χ3n) is 14.7. The lowest BCUT2D eigenvalue weighted by Crippen LogP contribution is -2.14. The van der Waals surface area contributed by atoms with E-state index in [4.69, 9.17) is 0 Å². The molecule has 0 unspecified atom stereocenters. The second kappa shape index (κ2) is 13.8. The Labute approximate surface area is 383 Å². The van der Waals surface area contributed by atoms with Crippen molar-refractivity contribution in [2.45, 2.75) is 19.3 Å². The summed E-state index contributed by atoms with van der Waals surface area (Å²) in [5, 5.41) is 7.72. The van der Waals surface area contributed by atoms with Gasteiger partial charge < -0.3 is 13.9 Å². The fraction of sp³-hybridized carbons (Fsp3) is 0.0476. The zero-order chi connectivity index (χ0) is 43.7. The number of hydrogen-bond acceptors (Lipinski definition) is 1. The molecule has 0 fully saturated rings. The molecule has 66 heavy (non-hydrogen) atoms. The lowest BCUT2D eigenvalue weighted by Gasteiger charge is -2.26. The third kappa shape index (κ3) is 5.26. The van der Waals surface area contributed by atoms with Crippen molar-refractivity contribution in [3.63, 3.8) is 0 Å². The zero-order valence-corrected chi connectivity index (χ0v) is 36.7. The van der Waals surface area contributed by atoms with Crippen LogP contribution in [-0.2, 0) is 5.41 Å². The SMILES string of the molecule is CC1(C)c2ccccc2-c2ccc(-c3ccc(N(c4ccc(-c5ccc6c7cccc8c9ccccc9n(c6c5)c87)cc4)c4ccc(-n5c6ccccc6c6ccccc65)cc4)cc3)cc21. The van der Waals surface area contributed by atoms with Gasteiger partial charge in [0.05, 0.1) is 27.6 Å². The van der Waals surface area contributed by atoms with Crippen molar-refractivity contribution >= 4 is 77.0 Å². The summed E-state index contributed by atoms with van der Waals surface area (Å²) < 4.78 is 4.85. The average Bonchev–Trinajstić information content (AvgIpc) is 4.08. The molecule has 310 valence electrons. The Hall–Kier alpha value is -8.40. The van der Waals surface area contributed by atoms with Gasteiger partial charge in [-0.25, -0.2) is 0 Å². The molecule has 3 aromatic heterocycles. The molecule has 0 bridgehead atoms. The Bertz CT molecular complexity index is 4000. The number of hydrogen-bond donors (Lipinski definition) is 0. The Morgan fingerprint density at radius 1 is 0.333 bits per heavy atom. The van der Waals surface area contributed by atoms with Gasteiger partial charge in [-0.3, -0.25) is 0 Å². The first kappa shape index (κ1) is 37.0. The van der Waals surface area contributed by atoms with Crippen LogP contribution < -0.4 is 4.90 Å². The quantitative estimate of drug-likeness (QED) is 0.162. The van der Waals surface area contributed by atoms with Crippen LogP contribution in [0.5, 0.6) is 0 Å². The van der Waals surface area contributed by atoms with Crippen LogP contribution in [0, 0.1) is 0 Å². The monoisotopic (exact) mass is 841 g/mol. The van der Waals surface area contributed by atoms with E-state index in [2.05, 4.69) is 252 Å². The second-order valence-electron chi connectivity index (χ2n) is 18.5. The molecule has 14 rings (SSSR count). The number of rotatable bonds is 6. The van der Waals surface area contributed by atoms with Crippen LogP contribution in [0.15, 0.2) is 224 Å². The van der Waals surface area contributed by atoms with Gasteiger partial charge >= 0.3 is 0 Å². The largest absolute Gasteiger partial charge is 0.311 e. The maximum Gasteiger partial charge on any atom is 0.0620 e. The van der Waals surface area contributed by atoms with E-state index in [1.54, 1.807) is 0 Å². The fourth-order valence-corrected chi connectivity index (χ4v) is 11.5. The summed E-state index contributed by atoms with van der Waals surface area (Å²) in [5.41, 5.74) is 20.9. The van der Waals surface area contributed by atoms with E-state index in [0.29, 0.717) is 0 Å². The van der Waals surface area contributed by atoms with Gasteiger partial charge in [0.1, 0.15) is 0 Å². The summed E-state index contributed by atoms with van der Waals surface area (Å²) >= 11 is 0. The molecule has 3 heterocycles. The lowest BCUT2D eigenvalue weighted by atomic mass is 9.81. The number of para-hydroxylation sites is 4. The van der Waals surface area contributed by atoms with Crippen molar-refractivity contribution in [2.24, 2.45) is 0 Å². The molecule has 0 N–H and O–H groups in total. The van der Waals surface area contributed by atoms with E-state index in [9.17, 15) is 0 Å². The lowest BCUT2D eigenvalue weighted by molar-refractivity contribution is 0.660. The fourth-order valence-electron chi connectivity index (χ4n) is 11.5. The van der Waals surface area contributed by atoms with Gasteiger partial charge in [-0.05, 0) is 123 Å². The maximum absolute atomic E-state index is 2.46. The molecule has 0 aliphatic heterocycles. The minimum atomic E-state index is -0.0514. The third-order valence-corrected chi connectivity index (χ3v) is 14.7. The summed E-state index contributed by atoms with van der Waals surface area (Å²) in [6.45, 7) is 4.70. The number of benzene rings is 10. The molecule has 10 aromatic carbocycles. The van der Waals surface area contributed by atoms with Crippen LogP contribution >= 0.6 is 0 Å². The summed E-state index contributed by atoms with van der Waals surface area (Å²) in [5.74, 6) is 0. The van der Waals surface area contributed by atoms with E-state index in [1.165, 1.54) is 104 Å². The first-order valence-electron chi connectivity index (χ1n) is 23.0. The van der Waals surface area contributed by atoms with Crippen molar-refractivity contribution in [3.8, 4) is 39.1 Å². The Morgan fingerprint density at radius 3 is 1.42 bits per heavy atom. The van der Waals surface area contributed by atoms with Gasteiger partial charge in [0.25, 0.3) is 0 Å². The Balaban J connectivity index is 0.866. The predicted molar refractivity (Wildman–Crippen MR) is 279 cm³/mol. The van der Waals surface area contributed by atoms with Crippen molar-refractivity contribution in [1.82, 2.24) is 8.97 Å². The number of nitrogens with zero attached hydrogens (tertiary/aromatic N) is 3. The topological polar surface area (TPSA) is 12.6 Å². The van der Waals surface area contributed by atoms with Crippen LogP contribution in [-0.4, -0.2) is 8.97 Å². The molecule has 3 heteroatoms. The summed E-state index contributed by atoms with van der Waals surface area (Å²) in [7, 11) is 0. The van der Waals surface area contributed by atoms with Crippen molar-refractivity contribution in [2.75, 3.05) is 4.90 Å². The van der Waals surface area contributed by atoms with Crippen LogP contribution in [0.2, 0.25) is 0 Å². The summed E-state index contributed by atoms with van der Waals surface area (Å²) in [6, 6.07) is 83.0. The van der Waals surface area contributed by atoms with Crippen molar-refractivity contribution < 1.29 is 0 Å². The van der Waals surface area contributed by atoms with Crippen molar-refractivity contribution in [3.05, 3.63) is 236 Å². The molecule has 0 radical (unpaired) electrons. The van der Waals surface area contributed by atoms with Crippen LogP contribution in [0.4, 0.5) is 17.1 Å². The first-order chi connectivity index (χ1) is 32.5. The summed E-state index contributed by atoms with van der Waals surface area (Å²) in [6.07, 6.45) is 0. The molecule has 1 aliphatic carbocycles. The molecule has 0 atom stereocenters. The molecule has 0 saturated carbocycles.